The van der Waals surface area contributed by atoms with Crippen molar-refractivity contribution in [1.29, 1.82) is 0 Å². The third-order valence-corrected chi connectivity index (χ3v) is 16.3. The third kappa shape index (κ3) is 7.32. The molecule has 1 spiro atoms. The van der Waals surface area contributed by atoms with E-state index in [-0.39, 0.29) is 30.2 Å². The summed E-state index contributed by atoms with van der Waals surface area (Å²) in [6.07, 6.45) is 18.4. The Morgan fingerprint density at radius 3 is 2.80 bits per heavy atom. The number of aromatic amines is 1. The van der Waals surface area contributed by atoms with Crippen molar-refractivity contribution in [3.8, 4) is 35.4 Å². The number of nitrogens with zero attached hydrogens (tertiary/aromatic N) is 1. The predicted octanol–water partition coefficient (Wildman–Crippen LogP) is 8.11. The highest BCUT2D eigenvalue weighted by Gasteiger charge is 2.47. The van der Waals surface area contributed by atoms with Gasteiger partial charge in [-0.25, -0.2) is 0 Å². The fraction of sp³-hybridized carbons (Fsp3) is 0.479. The summed E-state index contributed by atoms with van der Waals surface area (Å²) in [5.41, 5.74) is 14.6. The number of fused-ring (bicyclic) bond motifs is 4. The summed E-state index contributed by atoms with van der Waals surface area (Å²) in [6, 6.07) is 8.11. The Morgan fingerprint density at radius 1 is 1.08 bits per heavy atom. The monoisotopic (exact) mass is 828 g/mol. The summed E-state index contributed by atoms with van der Waals surface area (Å²) >= 11 is 0. The number of rotatable bonds is 6. The fourth-order valence-electron chi connectivity index (χ4n) is 10.5. The number of benzene rings is 2. The van der Waals surface area contributed by atoms with Gasteiger partial charge < -0.3 is 35.0 Å². The molecule has 1 fully saturated rings. The number of allylic oxidation sites excluding steroid dienone is 1. The maximum Gasteiger partial charge on any atom is 0.191 e. The molecule has 11 heteroatoms. The van der Waals surface area contributed by atoms with Gasteiger partial charge in [0, 0.05) is 78.7 Å². The number of nitrogens with two attached hydrogens (primary N) is 1. The van der Waals surface area contributed by atoms with Gasteiger partial charge in [-0.05, 0) is 77.5 Å². The Balaban J connectivity index is 1.11. The van der Waals surface area contributed by atoms with Gasteiger partial charge in [0.2, 0.25) is 0 Å². The molecule has 0 amide bonds. The molecule has 5 aliphatic heterocycles. The lowest BCUT2D eigenvalue weighted by atomic mass is 9.73. The number of carbonyl (C=O) groups is 1. The van der Waals surface area contributed by atoms with E-state index in [4.69, 9.17) is 15.2 Å². The number of carbonyl (C=O) groups excluding carboxylic acids is 1. The van der Waals surface area contributed by atoms with Crippen LogP contribution >= 0.6 is 21.6 Å². The molecule has 2 aliphatic carbocycles. The molecule has 7 aliphatic rings. The van der Waals surface area contributed by atoms with E-state index in [2.05, 4.69) is 88.5 Å². The van der Waals surface area contributed by atoms with Crippen LogP contribution in [-0.4, -0.2) is 43.9 Å². The summed E-state index contributed by atoms with van der Waals surface area (Å²) in [7, 11) is 3.59. The minimum atomic E-state index is -1.03. The highest BCUT2D eigenvalue weighted by atomic mass is 33.1. The van der Waals surface area contributed by atoms with Crippen molar-refractivity contribution in [3.63, 3.8) is 0 Å². The summed E-state index contributed by atoms with van der Waals surface area (Å²) in [6.45, 7) is 2.91. The quantitative estimate of drug-likeness (QED) is 0.0743. The molecule has 0 radical (unpaired) electrons. The molecule has 1 saturated carbocycles. The molecule has 8 bridgehead atoms. The van der Waals surface area contributed by atoms with Crippen molar-refractivity contribution in [2.45, 2.75) is 107 Å². The second-order valence-electron chi connectivity index (χ2n) is 17.6. The molecule has 7 heterocycles. The lowest BCUT2D eigenvalue weighted by molar-refractivity contribution is -0.121. The van der Waals surface area contributed by atoms with E-state index >= 15 is 0 Å². The molecular formula is C48H52N4O5S2. The molecule has 11 rings (SSSR count). The molecule has 0 unspecified atom stereocenters. The molecule has 9 nitrogen and oxygen atoms in total. The molecular weight excluding hydrogens is 777 g/mol. The number of aliphatic hydroxyl groups is 2. The average Bonchev–Trinajstić information content (AvgIpc) is 3.98. The molecule has 306 valence electrons. The maximum absolute atomic E-state index is 13.5. The van der Waals surface area contributed by atoms with E-state index in [9.17, 15) is 15.0 Å². The normalized spacial score (nSPS) is 28.2. The first-order valence-electron chi connectivity index (χ1n) is 21.4. The number of aliphatic hydroxyl groups excluding tert-OH is 2. The molecule has 4 aromatic rings. The second-order valence-corrected chi connectivity index (χ2v) is 20.1. The van der Waals surface area contributed by atoms with Crippen LogP contribution < -0.4 is 20.5 Å². The van der Waals surface area contributed by atoms with Crippen LogP contribution in [0, 0.1) is 47.0 Å². The van der Waals surface area contributed by atoms with Crippen molar-refractivity contribution in [2.24, 2.45) is 28.9 Å². The summed E-state index contributed by atoms with van der Waals surface area (Å²) in [4.78, 5) is 17.1. The summed E-state index contributed by atoms with van der Waals surface area (Å²) in [5, 5.41) is 27.9. The zero-order chi connectivity index (χ0) is 40.3. The zero-order valence-electron chi connectivity index (χ0n) is 33.5. The standard InChI is InChI=1S/C48H52N4O5S2/c1-28-4-6-30(7-5-28)42(55)21-33(53)10-8-29-9-15-43-45-38(29)27-59-58-26-32-23-51-46(49)35-12-11-34-36(44(32)35)20-31-22-50-40-25-52(24-37(31)40)47(57-45)39(13-14-41(34)54)48(18-19-56-43)16-2-3-17-48/h4,6,9,11-12,15,22,24-25,28,30,32,39,41-42,46-47,50-51,54-55H,2-3,5,7-8,10,16-17,20-21,23,26-27,49H2,1H3/t28-,30-,32-,39-,41+,42-,46-,47-/m0/s1. The van der Waals surface area contributed by atoms with E-state index in [1.807, 2.05) is 22.9 Å². The minimum Gasteiger partial charge on any atom is -0.465 e. The van der Waals surface area contributed by atoms with Crippen LogP contribution in [0.4, 0.5) is 0 Å². The molecule has 2 aromatic carbocycles. The molecule has 2 aromatic heterocycles. The van der Waals surface area contributed by atoms with Crippen molar-refractivity contribution >= 4 is 38.3 Å². The first-order valence-corrected chi connectivity index (χ1v) is 23.9. The Labute approximate surface area is 354 Å². The van der Waals surface area contributed by atoms with Crippen LogP contribution in [0.1, 0.15) is 122 Å². The number of ketones is 1. The molecule has 59 heavy (non-hydrogen) atoms. The number of nitrogens with one attached hydrogen (secondary N) is 2. The van der Waals surface area contributed by atoms with Gasteiger partial charge in [0.05, 0.1) is 29.1 Å². The van der Waals surface area contributed by atoms with E-state index in [1.165, 1.54) is 5.56 Å². The minimum absolute atomic E-state index is 0.0191. The van der Waals surface area contributed by atoms with Crippen LogP contribution in [0.2, 0.25) is 0 Å². The number of aromatic nitrogens is 2. The van der Waals surface area contributed by atoms with Gasteiger partial charge in [0.15, 0.2) is 17.7 Å². The topological polar surface area (TPSA) is 135 Å². The average molecular weight is 829 g/mol. The SMILES string of the molecule is C[C@H]1C=C[C@H]([C@@H](O)CC(=O)CCc2ccc3c4c2CSSC[C@@H]2CN[C@H](N)c5ccc6c(c52)Cc2c[nH]c5cn(cc25)[C@@H](O4)[C@H](C#C[C@H]6O)C2(C#CO3)CCCC2)CC1. The number of Topliss-reactive ketones (excluding diaryl/α,β-unsaturated/α-hetero) is 1. The predicted molar refractivity (Wildman–Crippen MR) is 234 cm³/mol. The van der Waals surface area contributed by atoms with Crippen LogP contribution in [0.5, 0.6) is 11.5 Å². The van der Waals surface area contributed by atoms with Crippen LogP contribution in [-0.2, 0) is 23.4 Å². The highest BCUT2D eigenvalue weighted by Crippen LogP contribution is 2.52. The van der Waals surface area contributed by atoms with Gasteiger partial charge >= 0.3 is 0 Å². The number of H-pyrrole nitrogens is 1. The van der Waals surface area contributed by atoms with Crippen molar-refractivity contribution in [2.75, 3.05) is 12.3 Å². The van der Waals surface area contributed by atoms with Crippen LogP contribution in [0.3, 0.4) is 0 Å². The zero-order valence-corrected chi connectivity index (χ0v) is 35.1. The number of hydrogen-bond donors (Lipinski definition) is 5. The third-order valence-electron chi connectivity index (χ3n) is 13.9. The fourth-order valence-corrected chi connectivity index (χ4v) is 12.9. The van der Waals surface area contributed by atoms with Gasteiger partial charge in [-0.1, -0.05) is 89.5 Å². The largest absolute Gasteiger partial charge is 0.465 e. The van der Waals surface area contributed by atoms with Crippen molar-refractivity contribution in [3.05, 3.63) is 94.0 Å². The summed E-state index contributed by atoms with van der Waals surface area (Å²) < 4.78 is 16.0. The van der Waals surface area contributed by atoms with Gasteiger partial charge in [0.25, 0.3) is 0 Å². The van der Waals surface area contributed by atoms with Crippen molar-refractivity contribution in [1.82, 2.24) is 14.9 Å². The van der Waals surface area contributed by atoms with Gasteiger partial charge in [0.1, 0.15) is 18.0 Å². The Bertz CT molecular complexity index is 2440. The van der Waals surface area contributed by atoms with E-state index in [0.29, 0.717) is 42.4 Å². The Hall–Kier alpha value is -4.07. The van der Waals surface area contributed by atoms with E-state index < -0.39 is 29.8 Å². The second kappa shape index (κ2) is 16.1. The Morgan fingerprint density at radius 2 is 1.95 bits per heavy atom. The van der Waals surface area contributed by atoms with E-state index in [1.54, 1.807) is 10.8 Å². The highest BCUT2D eigenvalue weighted by molar-refractivity contribution is 8.76. The van der Waals surface area contributed by atoms with Crippen LogP contribution in [0.15, 0.2) is 55.0 Å². The lowest BCUT2D eigenvalue weighted by Crippen LogP contribution is -2.39. The van der Waals surface area contributed by atoms with Gasteiger partial charge in [-0.15, -0.1) is 0 Å². The number of ether oxygens (including phenoxy) is 2. The lowest BCUT2D eigenvalue weighted by Gasteiger charge is -2.36. The first kappa shape index (κ1) is 39.1. The van der Waals surface area contributed by atoms with E-state index in [0.717, 1.165) is 95.1 Å². The van der Waals surface area contributed by atoms with Crippen molar-refractivity contribution < 1.29 is 24.5 Å². The first-order chi connectivity index (χ1) is 28.7. The van der Waals surface area contributed by atoms with Crippen LogP contribution in [0.25, 0.3) is 10.9 Å². The van der Waals surface area contributed by atoms with Gasteiger partial charge in [-0.2, -0.15) is 0 Å². The number of aryl methyl sites for hydroxylation is 1. The smallest absolute Gasteiger partial charge is 0.191 e. The molecule has 6 N–H and O–H groups in total. The van der Waals surface area contributed by atoms with Gasteiger partial charge in [-0.3, -0.25) is 10.1 Å². The summed E-state index contributed by atoms with van der Waals surface area (Å²) in [5.74, 6) is 13.5. The number of hydrogen-bond acceptors (Lipinski definition) is 9. The Kier molecular flexibility index (Phi) is 10.7. The molecule has 8 atom stereocenters. The maximum atomic E-state index is 13.5. The molecule has 0 saturated heterocycles.